The van der Waals surface area contributed by atoms with Gasteiger partial charge < -0.3 is 24.1 Å². The van der Waals surface area contributed by atoms with Crippen LogP contribution in [0.1, 0.15) is 18.1 Å². The maximum Gasteiger partial charge on any atom is 0.118 e. The Hall–Kier alpha value is -2.34. The summed E-state index contributed by atoms with van der Waals surface area (Å²) in [6.45, 7) is 4.09. The second kappa shape index (κ2) is 11.2. The Morgan fingerprint density at radius 2 is 1.23 bits per heavy atom. The van der Waals surface area contributed by atoms with Gasteiger partial charge in [-0.25, -0.2) is 0 Å². The number of aliphatic hydroxyl groups excluding tert-OH is 1. The Morgan fingerprint density at radius 1 is 0.733 bits per heavy atom. The van der Waals surface area contributed by atoms with E-state index in [1.54, 1.807) is 14.2 Å². The van der Waals surface area contributed by atoms with Crippen molar-refractivity contribution in [2.75, 3.05) is 27.4 Å². The van der Waals surface area contributed by atoms with Gasteiger partial charge in [-0.1, -0.05) is 43.3 Å². The highest BCUT2D eigenvalue weighted by Crippen LogP contribution is 2.30. The van der Waals surface area contributed by atoms with Gasteiger partial charge in [0.2, 0.25) is 0 Å². The van der Waals surface area contributed by atoms with E-state index in [2.05, 4.69) is 12.2 Å². The molecule has 0 fully saturated rings. The van der Waals surface area contributed by atoms with Crippen LogP contribution in [0.2, 0.25) is 0 Å². The number of ether oxygens (including phenoxy) is 4. The van der Waals surface area contributed by atoms with E-state index >= 15 is 0 Å². The van der Waals surface area contributed by atoms with Crippen molar-refractivity contribution in [3.05, 3.63) is 71.8 Å². The first kappa shape index (κ1) is 22.3. The van der Waals surface area contributed by atoms with E-state index in [1.165, 1.54) is 0 Å². The number of aliphatic hydroxyl groups is 1. The lowest BCUT2D eigenvalue weighted by Gasteiger charge is -2.35. The molecule has 0 saturated carbocycles. The van der Waals surface area contributed by atoms with Gasteiger partial charge in [0.15, 0.2) is 0 Å². The van der Waals surface area contributed by atoms with Crippen LogP contribution in [0.5, 0.6) is 11.5 Å². The van der Waals surface area contributed by atoms with Crippen LogP contribution in [0.15, 0.2) is 60.7 Å². The molecule has 1 N–H and O–H groups in total. The van der Waals surface area contributed by atoms with Crippen LogP contribution in [0.3, 0.4) is 0 Å². The molecule has 30 heavy (non-hydrogen) atoms. The molecule has 0 heterocycles. The predicted octanol–water partition coefficient (Wildman–Crippen LogP) is 4.24. The van der Waals surface area contributed by atoms with Crippen LogP contribution >= 0.6 is 0 Å². The van der Waals surface area contributed by atoms with Crippen LogP contribution in [0, 0.1) is 17.8 Å². The van der Waals surface area contributed by atoms with E-state index in [-0.39, 0.29) is 17.8 Å². The van der Waals surface area contributed by atoms with Crippen molar-refractivity contribution in [2.24, 2.45) is 17.8 Å². The first-order valence-corrected chi connectivity index (χ1v) is 10.4. The third kappa shape index (κ3) is 6.08. The lowest BCUT2D eigenvalue weighted by Crippen LogP contribution is -2.39. The molecule has 5 heteroatoms. The fourth-order valence-corrected chi connectivity index (χ4v) is 3.69. The molecule has 0 bridgehead atoms. The summed E-state index contributed by atoms with van der Waals surface area (Å²) in [5.41, 5.74) is 2.17. The average Bonchev–Trinajstić information content (AvgIpc) is 2.79. The summed E-state index contributed by atoms with van der Waals surface area (Å²) < 4.78 is 22.3. The summed E-state index contributed by atoms with van der Waals surface area (Å²) in [4.78, 5) is 0. The van der Waals surface area contributed by atoms with Crippen molar-refractivity contribution in [2.45, 2.75) is 26.2 Å². The second-order valence-corrected chi connectivity index (χ2v) is 7.79. The number of rotatable bonds is 10. The molecule has 0 unspecified atom stereocenters. The van der Waals surface area contributed by atoms with Crippen LogP contribution in [-0.2, 0) is 22.7 Å². The molecule has 0 saturated heterocycles. The van der Waals surface area contributed by atoms with Gasteiger partial charge in [0.05, 0.1) is 46.8 Å². The lowest BCUT2D eigenvalue weighted by molar-refractivity contribution is -0.0384. The van der Waals surface area contributed by atoms with Gasteiger partial charge >= 0.3 is 0 Å². The Kier molecular flexibility index (Phi) is 8.31. The largest absolute Gasteiger partial charge is 0.497 e. The number of hydrogen-bond donors (Lipinski definition) is 1. The van der Waals surface area contributed by atoms with Crippen LogP contribution < -0.4 is 9.47 Å². The molecule has 0 radical (unpaired) electrons. The first-order chi connectivity index (χ1) is 14.6. The molecule has 2 aromatic carbocycles. The van der Waals surface area contributed by atoms with Gasteiger partial charge in [0.25, 0.3) is 0 Å². The maximum atomic E-state index is 10.7. The van der Waals surface area contributed by atoms with Crippen molar-refractivity contribution >= 4 is 0 Å². The molecule has 3 rings (SSSR count). The van der Waals surface area contributed by atoms with E-state index in [1.807, 2.05) is 55.5 Å². The van der Waals surface area contributed by atoms with E-state index in [9.17, 15) is 5.11 Å². The zero-order chi connectivity index (χ0) is 21.3. The van der Waals surface area contributed by atoms with Gasteiger partial charge in [-0.15, -0.1) is 0 Å². The van der Waals surface area contributed by atoms with E-state index in [4.69, 9.17) is 18.9 Å². The van der Waals surface area contributed by atoms with E-state index in [0.29, 0.717) is 26.4 Å². The van der Waals surface area contributed by atoms with Crippen molar-refractivity contribution in [1.82, 2.24) is 0 Å². The minimum atomic E-state index is -0.444. The number of benzene rings is 2. The molecule has 0 amide bonds. The minimum absolute atomic E-state index is 0.000819. The Labute approximate surface area is 179 Å². The topological polar surface area (TPSA) is 57.2 Å². The number of methoxy groups -OCH3 is 2. The van der Waals surface area contributed by atoms with Crippen molar-refractivity contribution in [3.63, 3.8) is 0 Å². The zero-order valence-electron chi connectivity index (χ0n) is 18.0. The van der Waals surface area contributed by atoms with Gasteiger partial charge in [-0.3, -0.25) is 0 Å². The third-order valence-electron chi connectivity index (χ3n) is 5.67. The predicted molar refractivity (Wildman–Crippen MR) is 117 cm³/mol. The van der Waals surface area contributed by atoms with E-state index in [0.717, 1.165) is 22.6 Å². The van der Waals surface area contributed by atoms with Crippen LogP contribution in [-0.4, -0.2) is 38.6 Å². The van der Waals surface area contributed by atoms with Gasteiger partial charge in [-0.05, 0) is 35.4 Å². The van der Waals surface area contributed by atoms with E-state index < -0.39 is 6.10 Å². The molecular weight excluding hydrogens is 380 g/mol. The maximum absolute atomic E-state index is 10.7. The lowest BCUT2D eigenvalue weighted by atomic mass is 9.78. The monoisotopic (exact) mass is 412 g/mol. The van der Waals surface area contributed by atoms with Crippen LogP contribution in [0.4, 0.5) is 0 Å². The fraction of sp³-hybridized carbons (Fsp3) is 0.440. The standard InChI is InChI=1S/C25H32O5/c1-18-4-9-21(16-29-14-19-5-10-22(27-2)11-6-19)24(25(18)26)17-30-15-20-7-12-23(28-3)13-8-20/h4-13,18,21,24-26H,14-17H2,1-3H3/t18-,21-,24+,25-/m0/s1. The Morgan fingerprint density at radius 3 is 1.73 bits per heavy atom. The highest BCUT2D eigenvalue weighted by Gasteiger charge is 2.33. The second-order valence-electron chi connectivity index (χ2n) is 7.79. The SMILES string of the molecule is COc1ccc(COC[C@H]2[C@@H](O)[C@@H](C)C=C[C@H]2COCc2ccc(OC)cc2)cc1. The van der Waals surface area contributed by atoms with Crippen molar-refractivity contribution in [1.29, 1.82) is 0 Å². The smallest absolute Gasteiger partial charge is 0.118 e. The molecule has 0 aliphatic heterocycles. The zero-order valence-corrected chi connectivity index (χ0v) is 18.0. The molecule has 0 aromatic heterocycles. The summed E-state index contributed by atoms with van der Waals surface area (Å²) >= 11 is 0. The molecule has 1 aliphatic carbocycles. The summed E-state index contributed by atoms with van der Waals surface area (Å²) in [6, 6.07) is 15.7. The van der Waals surface area contributed by atoms with Gasteiger partial charge in [-0.2, -0.15) is 0 Å². The first-order valence-electron chi connectivity index (χ1n) is 10.4. The summed E-state index contributed by atoms with van der Waals surface area (Å²) in [6.07, 6.45) is 3.79. The molecule has 2 aromatic rings. The van der Waals surface area contributed by atoms with Crippen molar-refractivity contribution < 1.29 is 24.1 Å². The van der Waals surface area contributed by atoms with Crippen LogP contribution in [0.25, 0.3) is 0 Å². The Balaban J connectivity index is 1.51. The molecule has 0 spiro atoms. The molecule has 5 nitrogen and oxygen atoms in total. The van der Waals surface area contributed by atoms with Crippen molar-refractivity contribution in [3.8, 4) is 11.5 Å². The molecule has 1 aliphatic rings. The van der Waals surface area contributed by atoms with Gasteiger partial charge in [0.1, 0.15) is 11.5 Å². The Bertz CT molecular complexity index is 784. The highest BCUT2D eigenvalue weighted by molar-refractivity contribution is 5.27. The van der Waals surface area contributed by atoms with Gasteiger partial charge in [0, 0.05) is 17.8 Å². The molecule has 4 atom stereocenters. The summed E-state index contributed by atoms with van der Waals surface area (Å²) in [7, 11) is 3.31. The molecular formula is C25H32O5. The third-order valence-corrected chi connectivity index (χ3v) is 5.67. The minimum Gasteiger partial charge on any atom is -0.497 e. The summed E-state index contributed by atoms with van der Waals surface area (Å²) in [5, 5.41) is 10.7. The molecule has 162 valence electrons. The summed E-state index contributed by atoms with van der Waals surface area (Å²) in [5.74, 6) is 1.89. The average molecular weight is 413 g/mol. The fourth-order valence-electron chi connectivity index (χ4n) is 3.69. The normalized spacial score (nSPS) is 23.3. The quantitative estimate of drug-likeness (QED) is 0.592. The highest BCUT2D eigenvalue weighted by atomic mass is 16.5. The number of hydrogen-bond acceptors (Lipinski definition) is 5.